The maximum absolute atomic E-state index is 13.9. The smallest absolute Gasteiger partial charge is 0.358 e. The van der Waals surface area contributed by atoms with Gasteiger partial charge in [-0.05, 0) is 113 Å². The van der Waals surface area contributed by atoms with Crippen LogP contribution < -0.4 is 31.2 Å². The number of halogens is 1. The fraction of sp³-hybridized carbons (Fsp3) is 0.429. The van der Waals surface area contributed by atoms with Crippen molar-refractivity contribution in [2.75, 3.05) is 6.54 Å². The molecule has 6 N–H and O–H groups in total. The highest BCUT2D eigenvalue weighted by atomic mass is 32.3. The zero-order valence-electron chi connectivity index (χ0n) is 32.4. The highest BCUT2D eigenvalue weighted by Crippen LogP contribution is 2.29. The quantitative estimate of drug-likeness (QED) is 0.0379. The molecule has 1 aliphatic carbocycles. The SMILES string of the molecule is CCCC(=O)c1ccc(CNC(Cc2ccc(OS(=O)(=O)F)cc2)C(=O)NC(CCCCN)C(=O)NCc2ccc(C(=O)NC(C)C(C)=C3CCC3)cc2)cc1. The third-order valence-corrected chi connectivity index (χ3v) is 10.3. The Morgan fingerprint density at radius 3 is 1.98 bits per heavy atom. The van der Waals surface area contributed by atoms with E-state index in [0.717, 1.165) is 30.4 Å². The van der Waals surface area contributed by atoms with Gasteiger partial charge < -0.3 is 31.2 Å². The molecule has 0 heterocycles. The highest BCUT2D eigenvalue weighted by Gasteiger charge is 2.26. The number of allylic oxidation sites excluding steroid dienone is 1. The Hall–Kier alpha value is -4.92. The number of rotatable bonds is 22. The van der Waals surface area contributed by atoms with Crippen LogP contribution in [-0.2, 0) is 39.6 Å². The monoisotopic (exact) mass is 791 g/mol. The summed E-state index contributed by atoms with van der Waals surface area (Å²) in [5.74, 6) is -1.18. The molecule has 3 aromatic carbocycles. The van der Waals surface area contributed by atoms with Crippen molar-refractivity contribution in [2.24, 2.45) is 5.73 Å². The van der Waals surface area contributed by atoms with Crippen molar-refractivity contribution >= 4 is 34.0 Å². The Bertz CT molecular complexity index is 1930. The van der Waals surface area contributed by atoms with Crippen LogP contribution in [0.3, 0.4) is 0 Å². The molecule has 14 heteroatoms. The molecule has 0 saturated heterocycles. The van der Waals surface area contributed by atoms with E-state index in [9.17, 15) is 31.5 Å². The molecule has 0 bridgehead atoms. The lowest BCUT2D eigenvalue weighted by molar-refractivity contribution is -0.130. The van der Waals surface area contributed by atoms with Crippen LogP contribution in [0, 0.1) is 0 Å². The predicted molar refractivity (Wildman–Crippen MR) is 214 cm³/mol. The van der Waals surface area contributed by atoms with E-state index in [0.29, 0.717) is 48.9 Å². The minimum atomic E-state index is -5.21. The first kappa shape index (κ1) is 43.8. The van der Waals surface area contributed by atoms with Crippen molar-refractivity contribution in [3.63, 3.8) is 0 Å². The van der Waals surface area contributed by atoms with Gasteiger partial charge in [-0.2, -0.15) is 8.42 Å². The minimum Gasteiger partial charge on any atom is -0.358 e. The van der Waals surface area contributed by atoms with E-state index in [1.54, 1.807) is 36.4 Å². The van der Waals surface area contributed by atoms with E-state index >= 15 is 0 Å². The maximum atomic E-state index is 13.9. The molecule has 3 unspecified atom stereocenters. The first-order valence-electron chi connectivity index (χ1n) is 19.2. The largest absolute Gasteiger partial charge is 0.488 e. The van der Waals surface area contributed by atoms with Crippen LogP contribution in [0.25, 0.3) is 0 Å². The summed E-state index contributed by atoms with van der Waals surface area (Å²) in [5, 5.41) is 12.1. The summed E-state index contributed by atoms with van der Waals surface area (Å²) in [7, 11) is -5.21. The van der Waals surface area contributed by atoms with Gasteiger partial charge in [-0.1, -0.05) is 70.5 Å². The zero-order chi connectivity index (χ0) is 40.7. The number of amides is 3. The summed E-state index contributed by atoms with van der Waals surface area (Å²) >= 11 is 0. The number of ketones is 1. The number of benzene rings is 3. The molecule has 1 fully saturated rings. The van der Waals surface area contributed by atoms with Gasteiger partial charge in [0.25, 0.3) is 5.91 Å². The average Bonchev–Trinajstić information content (AvgIpc) is 3.15. The summed E-state index contributed by atoms with van der Waals surface area (Å²) in [6.07, 6.45) is 6.28. The molecule has 3 atom stereocenters. The second-order valence-corrected chi connectivity index (χ2v) is 15.2. The standard InChI is InChI=1S/C42H54FN5O7S/c1-4-8-39(49)34-18-12-31(13-19-34)26-45-38(25-30-16-22-36(23-17-30)55-56(43,53)54)42(52)48-37(11-5-6-24-44)41(51)46-27-32-14-20-35(21-15-32)40(50)47-29(3)28(2)33-9-7-10-33/h12-23,29,37-38,45H,4-11,24-27,44H2,1-3H3,(H,46,51)(H,47,50)(H,48,52). The number of nitrogens with one attached hydrogen (secondary N) is 4. The number of carbonyl (C=O) groups excluding carboxylic acids is 4. The van der Waals surface area contributed by atoms with Gasteiger partial charge in [0.1, 0.15) is 11.8 Å². The van der Waals surface area contributed by atoms with E-state index in [2.05, 4.69) is 32.4 Å². The van der Waals surface area contributed by atoms with Gasteiger partial charge in [-0.3, -0.25) is 19.2 Å². The van der Waals surface area contributed by atoms with Gasteiger partial charge in [0, 0.05) is 36.7 Å². The Labute approximate surface area is 329 Å². The van der Waals surface area contributed by atoms with E-state index in [1.807, 2.05) is 26.0 Å². The van der Waals surface area contributed by atoms with E-state index in [4.69, 9.17) is 5.73 Å². The number of Topliss-reactive ketones (excluding diaryl/α,β-unsaturated/α-hetero) is 1. The number of unbranched alkanes of at least 4 members (excludes halogenated alkanes) is 1. The summed E-state index contributed by atoms with van der Waals surface area (Å²) in [6, 6.07) is 17.9. The van der Waals surface area contributed by atoms with Crippen LogP contribution in [0.5, 0.6) is 5.75 Å². The zero-order valence-corrected chi connectivity index (χ0v) is 33.2. The highest BCUT2D eigenvalue weighted by molar-refractivity contribution is 7.81. The second-order valence-electron chi connectivity index (χ2n) is 14.2. The Kier molecular flexibility index (Phi) is 16.7. The molecule has 4 rings (SSSR count). The van der Waals surface area contributed by atoms with Crippen LogP contribution in [0.1, 0.15) is 110 Å². The van der Waals surface area contributed by atoms with Crippen molar-refractivity contribution in [2.45, 2.75) is 110 Å². The van der Waals surface area contributed by atoms with Crippen molar-refractivity contribution < 1.29 is 35.7 Å². The van der Waals surface area contributed by atoms with Crippen LogP contribution in [0.2, 0.25) is 0 Å². The molecule has 302 valence electrons. The lowest BCUT2D eigenvalue weighted by Crippen LogP contribution is -2.53. The molecule has 0 aliphatic heterocycles. The molecule has 1 aliphatic rings. The van der Waals surface area contributed by atoms with Gasteiger partial charge in [-0.15, -0.1) is 0 Å². The van der Waals surface area contributed by atoms with Crippen molar-refractivity contribution in [3.8, 4) is 5.75 Å². The number of hydrogen-bond donors (Lipinski definition) is 5. The van der Waals surface area contributed by atoms with Gasteiger partial charge >= 0.3 is 10.5 Å². The predicted octanol–water partition coefficient (Wildman–Crippen LogP) is 5.51. The van der Waals surface area contributed by atoms with Crippen LogP contribution in [-0.4, -0.2) is 56.6 Å². The fourth-order valence-corrected chi connectivity index (χ4v) is 6.61. The van der Waals surface area contributed by atoms with E-state index < -0.39 is 28.5 Å². The molecular formula is C42H54FN5O7S. The molecule has 0 radical (unpaired) electrons. The van der Waals surface area contributed by atoms with Crippen LogP contribution in [0.15, 0.2) is 83.9 Å². The lowest BCUT2D eigenvalue weighted by atomic mass is 9.86. The molecule has 0 spiro atoms. The van der Waals surface area contributed by atoms with Crippen molar-refractivity contribution in [3.05, 3.63) is 112 Å². The van der Waals surface area contributed by atoms with Gasteiger partial charge in [0.05, 0.1) is 6.04 Å². The number of carbonyl (C=O) groups is 4. The van der Waals surface area contributed by atoms with Crippen molar-refractivity contribution in [1.82, 2.24) is 21.3 Å². The Morgan fingerprint density at radius 2 is 1.41 bits per heavy atom. The molecule has 3 aromatic rings. The normalized spacial score (nSPS) is 14.1. The Balaban J connectivity index is 1.43. The number of nitrogens with two attached hydrogens (primary N) is 1. The van der Waals surface area contributed by atoms with Crippen LogP contribution >= 0.6 is 0 Å². The third-order valence-electron chi connectivity index (χ3n) is 9.96. The molecular weight excluding hydrogens is 738 g/mol. The summed E-state index contributed by atoms with van der Waals surface area (Å²) in [6.45, 7) is 6.85. The van der Waals surface area contributed by atoms with Gasteiger partial charge in [-0.25, -0.2) is 0 Å². The molecule has 0 aromatic heterocycles. The van der Waals surface area contributed by atoms with Crippen LogP contribution in [0.4, 0.5) is 3.89 Å². The summed E-state index contributed by atoms with van der Waals surface area (Å²) in [4.78, 5) is 52.7. The topological polar surface area (TPSA) is 186 Å². The first-order chi connectivity index (χ1) is 26.8. The molecule has 12 nitrogen and oxygen atoms in total. The first-order valence-corrected chi connectivity index (χ1v) is 20.5. The van der Waals surface area contributed by atoms with E-state index in [1.165, 1.54) is 41.8 Å². The maximum Gasteiger partial charge on any atom is 0.488 e. The summed E-state index contributed by atoms with van der Waals surface area (Å²) < 4.78 is 39.2. The minimum absolute atomic E-state index is 0.0493. The van der Waals surface area contributed by atoms with Gasteiger partial charge in [0.2, 0.25) is 11.8 Å². The second kappa shape index (κ2) is 21.4. The lowest BCUT2D eigenvalue weighted by Gasteiger charge is -2.24. The fourth-order valence-electron chi connectivity index (χ4n) is 6.27. The molecule has 3 amide bonds. The Morgan fingerprint density at radius 1 is 0.804 bits per heavy atom. The average molecular weight is 792 g/mol. The molecule has 56 heavy (non-hydrogen) atoms. The molecule has 1 saturated carbocycles. The number of hydrogen-bond acceptors (Lipinski definition) is 9. The third kappa shape index (κ3) is 14.0. The summed E-state index contributed by atoms with van der Waals surface area (Å²) in [5.41, 5.74) is 11.7. The van der Waals surface area contributed by atoms with Gasteiger partial charge in [0.15, 0.2) is 5.78 Å². The van der Waals surface area contributed by atoms with Crippen molar-refractivity contribution in [1.29, 1.82) is 0 Å². The van der Waals surface area contributed by atoms with E-state index in [-0.39, 0.29) is 48.9 Å².